The van der Waals surface area contributed by atoms with Gasteiger partial charge in [0, 0.05) is 18.7 Å². The first-order valence-corrected chi connectivity index (χ1v) is 10.4. The lowest BCUT2D eigenvalue weighted by Crippen LogP contribution is -2.41. The van der Waals surface area contributed by atoms with Crippen molar-refractivity contribution in [2.75, 3.05) is 37.5 Å². The zero-order valence-electron chi connectivity index (χ0n) is 17.7. The van der Waals surface area contributed by atoms with Crippen LogP contribution in [0.5, 0.6) is 11.5 Å². The number of rotatable bonds is 6. The van der Waals surface area contributed by atoms with Crippen LogP contribution in [0.15, 0.2) is 60.7 Å². The zero-order chi connectivity index (χ0) is 21.6. The number of amides is 1. The van der Waals surface area contributed by atoms with E-state index < -0.39 is 0 Å². The topological polar surface area (TPSA) is 76.6 Å². The first kappa shape index (κ1) is 20.7. The molecule has 3 aromatic rings. The summed E-state index contributed by atoms with van der Waals surface area (Å²) >= 11 is 0. The van der Waals surface area contributed by atoms with Crippen LogP contribution in [0.1, 0.15) is 12.8 Å². The van der Waals surface area contributed by atoms with Gasteiger partial charge in [-0.3, -0.25) is 4.79 Å². The highest BCUT2D eigenvalue weighted by Crippen LogP contribution is 2.30. The van der Waals surface area contributed by atoms with E-state index in [2.05, 4.69) is 20.4 Å². The Balaban J connectivity index is 1.45. The molecule has 0 spiro atoms. The summed E-state index contributed by atoms with van der Waals surface area (Å²) in [5.41, 5.74) is 2.34. The van der Waals surface area contributed by atoms with E-state index in [0.29, 0.717) is 18.0 Å². The number of aromatic nitrogens is 2. The van der Waals surface area contributed by atoms with Crippen LogP contribution in [0.2, 0.25) is 0 Å². The monoisotopic (exact) mass is 418 g/mol. The Hall–Kier alpha value is -3.61. The van der Waals surface area contributed by atoms with Gasteiger partial charge in [0.05, 0.1) is 31.5 Å². The maximum atomic E-state index is 12.9. The van der Waals surface area contributed by atoms with E-state index in [4.69, 9.17) is 9.47 Å². The van der Waals surface area contributed by atoms with Gasteiger partial charge in [0.2, 0.25) is 5.91 Å². The van der Waals surface area contributed by atoms with Crippen molar-refractivity contribution in [2.24, 2.45) is 5.92 Å². The highest BCUT2D eigenvalue weighted by Gasteiger charge is 2.27. The molecule has 1 N–H and O–H groups in total. The summed E-state index contributed by atoms with van der Waals surface area (Å²) in [6.07, 6.45) is 1.75. The maximum Gasteiger partial charge on any atom is 0.229 e. The third-order valence-corrected chi connectivity index (χ3v) is 5.51. The minimum Gasteiger partial charge on any atom is -0.496 e. The lowest BCUT2D eigenvalue weighted by atomic mass is 9.97. The molecule has 1 aliphatic rings. The Morgan fingerprint density at radius 3 is 2.45 bits per heavy atom. The van der Waals surface area contributed by atoms with Crippen LogP contribution < -0.4 is 19.7 Å². The number of methoxy groups -OCH3 is 2. The molecule has 0 saturated carbocycles. The van der Waals surface area contributed by atoms with Gasteiger partial charge in [-0.25, -0.2) is 0 Å². The Morgan fingerprint density at radius 1 is 0.968 bits per heavy atom. The van der Waals surface area contributed by atoms with Crippen LogP contribution >= 0.6 is 0 Å². The second-order valence-corrected chi connectivity index (χ2v) is 7.45. The van der Waals surface area contributed by atoms with Crippen LogP contribution in [-0.2, 0) is 4.79 Å². The Kier molecular flexibility index (Phi) is 6.31. The molecule has 1 amide bonds. The summed E-state index contributed by atoms with van der Waals surface area (Å²) in [7, 11) is 3.24. The van der Waals surface area contributed by atoms with E-state index in [1.54, 1.807) is 14.2 Å². The number of nitrogens with one attached hydrogen (secondary N) is 1. The maximum absolute atomic E-state index is 12.9. The van der Waals surface area contributed by atoms with Crippen molar-refractivity contribution in [3.05, 3.63) is 60.7 Å². The fourth-order valence-corrected chi connectivity index (χ4v) is 3.88. The number of carbonyl (C=O) groups excluding carboxylic acids is 1. The van der Waals surface area contributed by atoms with Gasteiger partial charge < -0.3 is 19.7 Å². The van der Waals surface area contributed by atoms with Crippen LogP contribution in [0.3, 0.4) is 0 Å². The largest absolute Gasteiger partial charge is 0.496 e. The molecule has 0 unspecified atom stereocenters. The number of ether oxygens (including phenoxy) is 2. The van der Waals surface area contributed by atoms with Gasteiger partial charge >= 0.3 is 0 Å². The second kappa shape index (κ2) is 9.47. The van der Waals surface area contributed by atoms with Crippen molar-refractivity contribution in [1.82, 2.24) is 10.2 Å². The van der Waals surface area contributed by atoms with Crippen molar-refractivity contribution in [2.45, 2.75) is 12.8 Å². The third kappa shape index (κ3) is 4.60. The normalized spacial score (nSPS) is 15.9. The quantitative estimate of drug-likeness (QED) is 0.652. The molecule has 1 fully saturated rings. The molecule has 2 aromatic carbocycles. The van der Waals surface area contributed by atoms with Gasteiger partial charge in [0.15, 0.2) is 5.82 Å². The summed E-state index contributed by atoms with van der Waals surface area (Å²) in [4.78, 5) is 15.0. The molecule has 0 aliphatic carbocycles. The molecule has 31 heavy (non-hydrogen) atoms. The number of benzene rings is 2. The lowest BCUT2D eigenvalue weighted by molar-refractivity contribution is -0.120. The smallest absolute Gasteiger partial charge is 0.229 e. The zero-order valence-corrected chi connectivity index (χ0v) is 17.7. The van der Waals surface area contributed by atoms with Gasteiger partial charge in [0.25, 0.3) is 0 Å². The number of carbonyl (C=O) groups is 1. The highest BCUT2D eigenvalue weighted by molar-refractivity contribution is 5.94. The van der Waals surface area contributed by atoms with Crippen molar-refractivity contribution in [1.29, 1.82) is 0 Å². The molecule has 1 aliphatic heterocycles. The minimum absolute atomic E-state index is 0.00667. The molecular weight excluding hydrogens is 392 g/mol. The first-order valence-electron chi connectivity index (χ1n) is 10.4. The molecule has 1 aromatic heterocycles. The van der Waals surface area contributed by atoms with E-state index in [0.717, 1.165) is 42.2 Å². The Labute approximate surface area is 182 Å². The average molecular weight is 418 g/mol. The summed E-state index contributed by atoms with van der Waals surface area (Å²) in [5, 5.41) is 11.8. The van der Waals surface area contributed by atoms with Gasteiger partial charge in [0.1, 0.15) is 11.5 Å². The molecule has 7 heteroatoms. The lowest BCUT2D eigenvalue weighted by Gasteiger charge is -2.32. The van der Waals surface area contributed by atoms with Crippen LogP contribution in [0.4, 0.5) is 11.5 Å². The summed E-state index contributed by atoms with van der Waals surface area (Å²) in [6, 6.07) is 19.1. The number of nitrogens with zero attached hydrogens (tertiary/aromatic N) is 3. The highest BCUT2D eigenvalue weighted by atomic mass is 16.5. The van der Waals surface area contributed by atoms with Gasteiger partial charge in [-0.15, -0.1) is 10.2 Å². The molecule has 7 nitrogen and oxygen atoms in total. The molecule has 2 heterocycles. The fraction of sp³-hybridized carbons (Fsp3) is 0.292. The molecule has 0 bridgehead atoms. The summed E-state index contributed by atoms with van der Waals surface area (Å²) < 4.78 is 10.8. The molecular formula is C24H26N4O3. The van der Waals surface area contributed by atoms with Crippen molar-refractivity contribution < 1.29 is 14.3 Å². The molecule has 4 rings (SSSR count). The SMILES string of the molecule is COc1ccccc1NC(=O)[C@H]1CCCN(c2ccc(-c3ccccc3OC)nn2)C1. The van der Waals surface area contributed by atoms with Crippen LogP contribution in [0, 0.1) is 5.92 Å². The predicted molar refractivity (Wildman–Crippen MR) is 121 cm³/mol. The number of hydrogen-bond donors (Lipinski definition) is 1. The van der Waals surface area contributed by atoms with Crippen molar-refractivity contribution >= 4 is 17.4 Å². The average Bonchev–Trinajstić information content (AvgIpc) is 2.84. The number of hydrogen-bond acceptors (Lipinski definition) is 6. The molecule has 160 valence electrons. The molecule has 1 saturated heterocycles. The molecule has 1 atom stereocenters. The van der Waals surface area contributed by atoms with E-state index in [1.165, 1.54) is 0 Å². The standard InChI is InChI=1S/C24H26N4O3/c1-30-21-11-5-3-9-18(21)19-13-14-23(27-26-19)28-15-7-8-17(16-28)24(29)25-20-10-4-6-12-22(20)31-2/h3-6,9-14,17H,7-8,15-16H2,1-2H3,(H,25,29)/t17-/m0/s1. The number of para-hydroxylation sites is 3. The van der Waals surface area contributed by atoms with E-state index in [-0.39, 0.29) is 11.8 Å². The summed E-state index contributed by atoms with van der Waals surface area (Å²) in [5.74, 6) is 2.05. The Bertz CT molecular complexity index is 1040. The van der Waals surface area contributed by atoms with Crippen molar-refractivity contribution in [3.8, 4) is 22.8 Å². The number of anilines is 2. The van der Waals surface area contributed by atoms with Crippen molar-refractivity contribution in [3.63, 3.8) is 0 Å². The first-order chi connectivity index (χ1) is 15.2. The van der Waals surface area contributed by atoms with Gasteiger partial charge in [-0.2, -0.15) is 0 Å². The van der Waals surface area contributed by atoms with Gasteiger partial charge in [-0.05, 0) is 49.2 Å². The van der Waals surface area contributed by atoms with Gasteiger partial charge in [-0.1, -0.05) is 24.3 Å². The van der Waals surface area contributed by atoms with E-state index in [1.807, 2.05) is 60.7 Å². The third-order valence-electron chi connectivity index (χ3n) is 5.51. The Morgan fingerprint density at radius 2 is 1.71 bits per heavy atom. The fourth-order valence-electron chi connectivity index (χ4n) is 3.88. The summed E-state index contributed by atoms with van der Waals surface area (Å²) in [6.45, 7) is 1.45. The van der Waals surface area contributed by atoms with E-state index in [9.17, 15) is 4.79 Å². The predicted octanol–water partition coefficient (Wildman–Crippen LogP) is 4.02. The van der Waals surface area contributed by atoms with Crippen LogP contribution in [-0.4, -0.2) is 43.4 Å². The number of piperidine rings is 1. The van der Waals surface area contributed by atoms with E-state index >= 15 is 0 Å². The molecule has 0 radical (unpaired) electrons. The van der Waals surface area contributed by atoms with Crippen LogP contribution in [0.25, 0.3) is 11.3 Å². The minimum atomic E-state index is -0.130. The second-order valence-electron chi connectivity index (χ2n) is 7.45.